The van der Waals surface area contributed by atoms with Gasteiger partial charge in [0, 0.05) is 17.3 Å². The molecular weight excluding hydrogens is 355 g/mol. The molecule has 1 unspecified atom stereocenters. The molecule has 0 saturated carbocycles. The lowest BCUT2D eigenvalue weighted by Crippen LogP contribution is -2.23. The van der Waals surface area contributed by atoms with Crippen LogP contribution in [-0.2, 0) is 22.3 Å². The van der Waals surface area contributed by atoms with Crippen molar-refractivity contribution in [3.63, 3.8) is 0 Å². The van der Waals surface area contributed by atoms with Gasteiger partial charge in [-0.1, -0.05) is 48.9 Å². The van der Waals surface area contributed by atoms with Crippen LogP contribution in [0.4, 0.5) is 18.9 Å². The predicted molar refractivity (Wildman–Crippen MR) is 90.3 cm³/mol. The van der Waals surface area contributed by atoms with Gasteiger partial charge < -0.3 is 10.1 Å². The normalized spacial score (nSPS) is 12.5. The summed E-state index contributed by atoms with van der Waals surface area (Å²) >= 11 is 5.63. The molecule has 0 aromatic heterocycles. The van der Waals surface area contributed by atoms with Gasteiger partial charge in [0.1, 0.15) is 6.61 Å². The van der Waals surface area contributed by atoms with Gasteiger partial charge in [0.05, 0.1) is 11.5 Å². The van der Waals surface area contributed by atoms with E-state index < -0.39 is 23.6 Å². The van der Waals surface area contributed by atoms with Gasteiger partial charge in [-0.15, -0.1) is 0 Å². The second kappa shape index (κ2) is 8.25. The lowest BCUT2D eigenvalue weighted by molar-refractivity contribution is -0.148. The van der Waals surface area contributed by atoms with Crippen LogP contribution in [0.1, 0.15) is 18.1 Å². The first kappa shape index (κ1) is 19.1. The van der Waals surface area contributed by atoms with Gasteiger partial charge in [0.2, 0.25) is 0 Å². The minimum absolute atomic E-state index is 0.00630. The molecule has 0 saturated heterocycles. The summed E-state index contributed by atoms with van der Waals surface area (Å²) in [5, 5.41) is 2.64. The average molecular weight is 372 g/mol. The fourth-order valence-electron chi connectivity index (χ4n) is 2.12. The topological polar surface area (TPSA) is 38.3 Å². The van der Waals surface area contributed by atoms with Gasteiger partial charge in [-0.05, 0) is 23.8 Å². The number of benzene rings is 2. The highest BCUT2D eigenvalue weighted by molar-refractivity contribution is 6.30. The number of alkyl halides is 3. The molecule has 2 aromatic carbocycles. The molecule has 0 radical (unpaired) electrons. The Bertz CT molecular complexity index is 720. The van der Waals surface area contributed by atoms with E-state index in [-0.39, 0.29) is 23.9 Å². The molecule has 0 aliphatic heterocycles. The monoisotopic (exact) mass is 371 g/mol. The number of rotatable bonds is 6. The lowest BCUT2D eigenvalue weighted by Gasteiger charge is -2.17. The van der Waals surface area contributed by atoms with Crippen LogP contribution in [0, 0.1) is 5.92 Å². The fraction of sp³-hybridized carbons (Fsp3) is 0.278. The molecule has 134 valence electrons. The van der Waals surface area contributed by atoms with Crippen LogP contribution in [0.2, 0.25) is 5.02 Å². The van der Waals surface area contributed by atoms with E-state index in [1.54, 1.807) is 6.92 Å². The third-order valence-electron chi connectivity index (χ3n) is 3.51. The maximum atomic E-state index is 13.0. The molecule has 2 aromatic rings. The van der Waals surface area contributed by atoms with Crippen LogP contribution >= 0.6 is 11.6 Å². The van der Waals surface area contributed by atoms with Crippen molar-refractivity contribution < 1.29 is 22.7 Å². The Hall–Kier alpha value is -2.21. The summed E-state index contributed by atoms with van der Waals surface area (Å²) in [6.45, 7) is 1.72. The summed E-state index contributed by atoms with van der Waals surface area (Å²) in [5.41, 5.74) is -0.155. The Labute approximate surface area is 148 Å². The van der Waals surface area contributed by atoms with E-state index in [1.807, 2.05) is 30.3 Å². The molecule has 0 heterocycles. The second-order valence-corrected chi connectivity index (χ2v) is 6.00. The number of nitrogens with one attached hydrogen (secondary N) is 1. The van der Waals surface area contributed by atoms with Gasteiger partial charge in [-0.2, -0.15) is 13.2 Å². The smallest absolute Gasteiger partial charge is 0.418 e. The molecule has 0 aliphatic carbocycles. The summed E-state index contributed by atoms with van der Waals surface area (Å²) in [6, 6.07) is 12.6. The molecule has 0 bridgehead atoms. The standard InChI is InChI=1S/C18H17ClF3NO2/c1-12(17(24)25-11-13-5-3-2-4-6-13)10-23-16-8-7-14(19)9-15(16)18(20,21)22/h2-9,12,23H,10-11H2,1H3. The maximum Gasteiger partial charge on any atom is 0.418 e. The average Bonchev–Trinajstić information content (AvgIpc) is 2.58. The van der Waals surface area contributed by atoms with E-state index >= 15 is 0 Å². The van der Waals surface area contributed by atoms with Crippen LogP contribution in [0.5, 0.6) is 0 Å². The van der Waals surface area contributed by atoms with Crippen molar-refractivity contribution in [2.45, 2.75) is 19.7 Å². The SMILES string of the molecule is CC(CNc1ccc(Cl)cc1C(F)(F)F)C(=O)OCc1ccccc1. The first-order chi connectivity index (χ1) is 11.8. The quantitative estimate of drug-likeness (QED) is 0.713. The van der Waals surface area contributed by atoms with E-state index in [0.717, 1.165) is 11.6 Å². The van der Waals surface area contributed by atoms with Gasteiger partial charge in [0.15, 0.2) is 0 Å². The zero-order valence-corrected chi connectivity index (χ0v) is 14.2. The Balaban J connectivity index is 1.93. The summed E-state index contributed by atoms with van der Waals surface area (Å²) in [5.74, 6) is -1.10. The largest absolute Gasteiger partial charge is 0.461 e. The van der Waals surface area contributed by atoms with Crippen molar-refractivity contribution in [2.24, 2.45) is 5.92 Å². The van der Waals surface area contributed by atoms with Crippen LogP contribution < -0.4 is 5.32 Å². The summed E-state index contributed by atoms with van der Waals surface area (Å²) in [4.78, 5) is 12.0. The highest BCUT2D eigenvalue weighted by Gasteiger charge is 2.34. The van der Waals surface area contributed by atoms with Crippen molar-refractivity contribution in [1.82, 2.24) is 0 Å². The van der Waals surface area contributed by atoms with Crippen molar-refractivity contribution >= 4 is 23.3 Å². The highest BCUT2D eigenvalue weighted by atomic mass is 35.5. The number of esters is 1. The number of hydrogen-bond donors (Lipinski definition) is 1. The predicted octanol–water partition coefficient (Wildman–Crippen LogP) is 5.15. The fourth-order valence-corrected chi connectivity index (χ4v) is 2.29. The summed E-state index contributed by atoms with van der Waals surface area (Å²) in [7, 11) is 0. The number of ether oxygens (including phenoxy) is 1. The van der Waals surface area contributed by atoms with Crippen molar-refractivity contribution in [2.75, 3.05) is 11.9 Å². The Morgan fingerprint density at radius 2 is 1.88 bits per heavy atom. The lowest BCUT2D eigenvalue weighted by atomic mass is 10.1. The molecule has 25 heavy (non-hydrogen) atoms. The molecule has 7 heteroatoms. The maximum absolute atomic E-state index is 13.0. The van der Waals surface area contributed by atoms with Crippen LogP contribution in [0.25, 0.3) is 0 Å². The molecule has 1 atom stereocenters. The minimum atomic E-state index is -4.54. The van der Waals surface area contributed by atoms with E-state index in [1.165, 1.54) is 12.1 Å². The highest BCUT2D eigenvalue weighted by Crippen LogP contribution is 2.36. The molecular formula is C18H17ClF3NO2. The molecule has 1 N–H and O–H groups in total. The van der Waals surface area contributed by atoms with E-state index in [0.29, 0.717) is 0 Å². The number of carbonyl (C=O) groups is 1. The van der Waals surface area contributed by atoms with Gasteiger partial charge in [-0.3, -0.25) is 4.79 Å². The molecule has 3 nitrogen and oxygen atoms in total. The van der Waals surface area contributed by atoms with Crippen molar-refractivity contribution in [3.05, 3.63) is 64.7 Å². The zero-order valence-electron chi connectivity index (χ0n) is 13.4. The third kappa shape index (κ3) is 5.67. The Morgan fingerprint density at radius 1 is 1.20 bits per heavy atom. The third-order valence-corrected chi connectivity index (χ3v) is 3.75. The number of anilines is 1. The van der Waals surface area contributed by atoms with E-state index in [9.17, 15) is 18.0 Å². The molecule has 0 fully saturated rings. The molecule has 2 rings (SSSR count). The first-order valence-electron chi connectivity index (χ1n) is 7.58. The Morgan fingerprint density at radius 3 is 2.52 bits per heavy atom. The van der Waals surface area contributed by atoms with Crippen molar-refractivity contribution in [1.29, 1.82) is 0 Å². The van der Waals surface area contributed by atoms with E-state index in [2.05, 4.69) is 5.32 Å². The zero-order chi connectivity index (χ0) is 18.4. The first-order valence-corrected chi connectivity index (χ1v) is 7.96. The number of carbonyl (C=O) groups excluding carboxylic acids is 1. The number of halogens is 4. The minimum Gasteiger partial charge on any atom is -0.461 e. The second-order valence-electron chi connectivity index (χ2n) is 5.56. The Kier molecular flexibility index (Phi) is 6.31. The van der Waals surface area contributed by atoms with Crippen LogP contribution in [0.15, 0.2) is 48.5 Å². The summed E-state index contributed by atoms with van der Waals surface area (Å²) in [6.07, 6.45) is -4.54. The van der Waals surface area contributed by atoms with Gasteiger partial charge >= 0.3 is 12.1 Å². The van der Waals surface area contributed by atoms with Crippen LogP contribution in [0.3, 0.4) is 0 Å². The van der Waals surface area contributed by atoms with Crippen LogP contribution in [-0.4, -0.2) is 12.5 Å². The molecule has 0 spiro atoms. The molecule has 0 aliphatic rings. The summed E-state index contributed by atoms with van der Waals surface area (Å²) < 4.78 is 44.3. The number of hydrogen-bond acceptors (Lipinski definition) is 3. The van der Waals surface area contributed by atoms with E-state index in [4.69, 9.17) is 16.3 Å². The molecule has 0 amide bonds. The van der Waals surface area contributed by atoms with Crippen molar-refractivity contribution in [3.8, 4) is 0 Å². The van der Waals surface area contributed by atoms with Gasteiger partial charge in [0.25, 0.3) is 0 Å². The van der Waals surface area contributed by atoms with Gasteiger partial charge in [-0.25, -0.2) is 0 Å².